The third kappa shape index (κ3) is 7.03. The molecule has 40 heavy (non-hydrogen) atoms. The van der Waals surface area contributed by atoms with Gasteiger partial charge in [0.1, 0.15) is 17.2 Å². The van der Waals surface area contributed by atoms with E-state index in [0.717, 1.165) is 18.4 Å². The van der Waals surface area contributed by atoms with Crippen LogP contribution in [-0.4, -0.2) is 47.4 Å². The molecule has 0 aromatic heterocycles. The first-order valence-corrected chi connectivity index (χ1v) is 13.9. The van der Waals surface area contributed by atoms with E-state index in [2.05, 4.69) is 26.1 Å². The predicted molar refractivity (Wildman–Crippen MR) is 147 cm³/mol. The van der Waals surface area contributed by atoms with Crippen LogP contribution in [0.1, 0.15) is 74.4 Å². The van der Waals surface area contributed by atoms with Crippen LogP contribution >= 0.6 is 11.6 Å². The fourth-order valence-electron chi connectivity index (χ4n) is 5.63. The summed E-state index contributed by atoms with van der Waals surface area (Å²) in [6, 6.07) is 10.6. The van der Waals surface area contributed by atoms with Gasteiger partial charge in [0.25, 0.3) is 11.8 Å². The summed E-state index contributed by atoms with van der Waals surface area (Å²) in [6.45, 7) is 6.54. The van der Waals surface area contributed by atoms with Gasteiger partial charge in [-0.15, -0.1) is 0 Å². The van der Waals surface area contributed by atoms with E-state index in [4.69, 9.17) is 16.6 Å². The van der Waals surface area contributed by atoms with E-state index >= 15 is 0 Å². The molecule has 1 fully saturated rings. The van der Waals surface area contributed by atoms with Crippen molar-refractivity contribution in [2.75, 3.05) is 13.1 Å². The first-order chi connectivity index (χ1) is 18.7. The van der Waals surface area contributed by atoms with E-state index in [1.165, 1.54) is 12.1 Å². The molecule has 10 heteroatoms. The fourth-order valence-corrected chi connectivity index (χ4v) is 5.85. The molecule has 1 saturated carbocycles. The van der Waals surface area contributed by atoms with Crippen molar-refractivity contribution in [1.29, 1.82) is 0 Å². The van der Waals surface area contributed by atoms with Crippen molar-refractivity contribution in [1.82, 2.24) is 10.2 Å². The number of nitrogens with zero attached hydrogens (tertiary/aromatic N) is 2. The second kappa shape index (κ2) is 11.5. The zero-order valence-corrected chi connectivity index (χ0v) is 23.6. The van der Waals surface area contributed by atoms with E-state index in [1.54, 1.807) is 35.2 Å². The summed E-state index contributed by atoms with van der Waals surface area (Å²) in [5.74, 6) is -0.888. The number of benzene rings is 2. The highest BCUT2D eigenvalue weighted by atomic mass is 35.5. The van der Waals surface area contributed by atoms with Crippen molar-refractivity contribution in [2.45, 2.75) is 71.1 Å². The molecule has 0 bridgehead atoms. The number of halogens is 5. The summed E-state index contributed by atoms with van der Waals surface area (Å²) in [7, 11) is 0. The average Bonchev–Trinajstić information content (AvgIpc) is 3.12. The van der Waals surface area contributed by atoms with E-state index in [1.807, 2.05) is 0 Å². The lowest BCUT2D eigenvalue weighted by Gasteiger charge is -2.45. The Hall–Kier alpha value is -2.94. The minimum absolute atomic E-state index is 0.137. The van der Waals surface area contributed by atoms with Crippen LogP contribution in [0.3, 0.4) is 0 Å². The standard InChI is InChI=1S/C30H34ClF4N3O2/c1-28(2,3)22-8-11-29(12-9-22)37-25(21-16-23(31)18-24(32)17-21)27(40)38(29)15-10-19-4-6-20(7-5-19)26(39)36-14-13-30(33,34)35/h4-7,16-18,22H,8-15H2,1-3H3,(H,36,39). The maximum atomic E-state index is 14.2. The van der Waals surface area contributed by atoms with Gasteiger partial charge in [-0.1, -0.05) is 44.5 Å². The Bertz CT molecular complexity index is 1260. The number of nitrogens with one attached hydrogen (secondary N) is 1. The molecule has 1 spiro atoms. The van der Waals surface area contributed by atoms with Crippen LogP contribution in [0, 0.1) is 17.2 Å². The second-order valence-electron chi connectivity index (χ2n) is 11.8. The quantitative estimate of drug-likeness (QED) is 0.360. The zero-order valence-electron chi connectivity index (χ0n) is 22.9. The molecular weight excluding hydrogens is 546 g/mol. The number of hydrogen-bond acceptors (Lipinski definition) is 3. The Morgan fingerprint density at radius 3 is 2.33 bits per heavy atom. The molecule has 1 aliphatic carbocycles. The molecule has 2 aromatic rings. The average molecular weight is 580 g/mol. The van der Waals surface area contributed by atoms with Gasteiger partial charge in [-0.25, -0.2) is 4.39 Å². The molecule has 4 rings (SSSR count). The number of alkyl halides is 3. The zero-order chi connectivity index (χ0) is 29.3. The van der Waals surface area contributed by atoms with E-state index in [0.29, 0.717) is 37.3 Å². The maximum absolute atomic E-state index is 14.2. The summed E-state index contributed by atoms with van der Waals surface area (Å²) >= 11 is 6.09. The Kier molecular flexibility index (Phi) is 8.64. The van der Waals surface area contributed by atoms with Gasteiger partial charge in [0.2, 0.25) is 0 Å². The lowest BCUT2D eigenvalue weighted by molar-refractivity contribution is -0.133. The summed E-state index contributed by atoms with van der Waals surface area (Å²) < 4.78 is 51.2. The second-order valence-corrected chi connectivity index (χ2v) is 12.2. The first-order valence-electron chi connectivity index (χ1n) is 13.5. The molecule has 0 saturated heterocycles. The highest BCUT2D eigenvalue weighted by Gasteiger charge is 2.49. The van der Waals surface area contributed by atoms with Gasteiger partial charge in [0.05, 0.1) is 6.42 Å². The van der Waals surface area contributed by atoms with Gasteiger partial charge in [0.15, 0.2) is 0 Å². The predicted octanol–water partition coefficient (Wildman–Crippen LogP) is 6.97. The summed E-state index contributed by atoms with van der Waals surface area (Å²) in [6.07, 6.45) is -1.73. The lowest BCUT2D eigenvalue weighted by Crippen LogP contribution is -2.50. The van der Waals surface area contributed by atoms with Crippen molar-refractivity contribution in [3.05, 3.63) is 70.0 Å². The van der Waals surface area contributed by atoms with Gasteiger partial charge >= 0.3 is 6.18 Å². The van der Waals surface area contributed by atoms with Gasteiger partial charge in [-0.2, -0.15) is 13.2 Å². The van der Waals surface area contributed by atoms with Crippen molar-refractivity contribution >= 4 is 29.1 Å². The van der Waals surface area contributed by atoms with Crippen molar-refractivity contribution in [2.24, 2.45) is 16.3 Å². The van der Waals surface area contributed by atoms with Crippen LogP contribution in [0.4, 0.5) is 17.6 Å². The fraction of sp³-hybridized carbons (Fsp3) is 0.500. The number of carbonyl (C=O) groups is 2. The van der Waals surface area contributed by atoms with Crippen LogP contribution in [0.5, 0.6) is 0 Å². The van der Waals surface area contributed by atoms with Crippen molar-refractivity contribution in [3.63, 3.8) is 0 Å². The van der Waals surface area contributed by atoms with Crippen LogP contribution < -0.4 is 5.32 Å². The van der Waals surface area contributed by atoms with Gasteiger partial charge in [-0.3, -0.25) is 14.6 Å². The normalized spacial score (nSPS) is 21.6. The molecule has 1 aliphatic heterocycles. The molecule has 0 unspecified atom stereocenters. The summed E-state index contributed by atoms with van der Waals surface area (Å²) in [4.78, 5) is 32.6. The van der Waals surface area contributed by atoms with E-state index in [9.17, 15) is 27.2 Å². The van der Waals surface area contributed by atoms with Crippen LogP contribution in [0.2, 0.25) is 5.02 Å². The minimum Gasteiger partial charge on any atom is -0.352 e. The number of hydrogen-bond donors (Lipinski definition) is 1. The minimum atomic E-state index is -4.34. The Labute approximate surface area is 237 Å². The van der Waals surface area contributed by atoms with Gasteiger partial charge in [0, 0.05) is 29.2 Å². The van der Waals surface area contributed by atoms with Crippen LogP contribution in [-0.2, 0) is 11.2 Å². The smallest absolute Gasteiger partial charge is 0.352 e. The lowest BCUT2D eigenvalue weighted by atomic mass is 9.69. The molecule has 1 N–H and O–H groups in total. The Morgan fingerprint density at radius 1 is 1.10 bits per heavy atom. The molecule has 1 heterocycles. The monoisotopic (exact) mass is 579 g/mol. The number of amides is 2. The van der Waals surface area contributed by atoms with E-state index in [-0.39, 0.29) is 27.6 Å². The third-order valence-corrected chi connectivity index (χ3v) is 8.17. The molecule has 216 valence electrons. The summed E-state index contributed by atoms with van der Waals surface area (Å²) in [5.41, 5.74) is 1.11. The highest BCUT2D eigenvalue weighted by molar-refractivity contribution is 6.47. The molecule has 2 aromatic carbocycles. The molecule has 0 radical (unpaired) electrons. The van der Waals surface area contributed by atoms with Crippen LogP contribution in [0.15, 0.2) is 47.5 Å². The largest absolute Gasteiger partial charge is 0.390 e. The third-order valence-electron chi connectivity index (χ3n) is 7.95. The molecule has 2 aliphatic rings. The number of carbonyl (C=O) groups excluding carboxylic acids is 2. The number of rotatable bonds is 7. The topological polar surface area (TPSA) is 61.8 Å². The SMILES string of the molecule is CC(C)(C)C1CCC2(CC1)N=C(c1cc(F)cc(Cl)c1)C(=O)N2CCc1ccc(C(=O)NCCC(F)(F)F)cc1. The first kappa shape index (κ1) is 30.0. The van der Waals surface area contributed by atoms with Gasteiger partial charge < -0.3 is 10.2 Å². The maximum Gasteiger partial charge on any atom is 0.390 e. The molecular formula is C30H34ClF4N3O2. The number of aliphatic imine (C=N–C) groups is 1. The van der Waals surface area contributed by atoms with Crippen molar-refractivity contribution < 1.29 is 27.2 Å². The van der Waals surface area contributed by atoms with E-state index < -0.39 is 36.5 Å². The van der Waals surface area contributed by atoms with Gasteiger partial charge in [-0.05, 0) is 79.3 Å². The highest BCUT2D eigenvalue weighted by Crippen LogP contribution is 2.46. The van der Waals surface area contributed by atoms with Crippen molar-refractivity contribution in [3.8, 4) is 0 Å². The Balaban J connectivity index is 1.49. The molecule has 2 amide bonds. The molecule has 0 atom stereocenters. The summed E-state index contributed by atoms with van der Waals surface area (Å²) in [5, 5.41) is 2.47. The Morgan fingerprint density at radius 2 is 1.75 bits per heavy atom. The molecule has 5 nitrogen and oxygen atoms in total. The van der Waals surface area contributed by atoms with Crippen LogP contribution in [0.25, 0.3) is 0 Å².